The number of ether oxygens (including phenoxy) is 1. The van der Waals surface area contributed by atoms with Gasteiger partial charge in [-0.25, -0.2) is 0 Å². The third-order valence-electron chi connectivity index (χ3n) is 5.54. The zero-order chi connectivity index (χ0) is 17.3. The topological polar surface area (TPSA) is 25.4 Å². The zero-order valence-corrected chi connectivity index (χ0v) is 14.7. The van der Waals surface area contributed by atoms with Crippen LogP contribution in [0.3, 0.4) is 0 Å². The lowest BCUT2D eigenvalue weighted by Crippen LogP contribution is -2.53. The molecule has 3 heterocycles. The highest BCUT2D eigenvalue weighted by Gasteiger charge is 2.35. The lowest BCUT2D eigenvalue weighted by molar-refractivity contribution is -0.0402. The number of morpholine rings is 1. The van der Waals surface area contributed by atoms with Crippen molar-refractivity contribution in [3.8, 4) is 0 Å². The summed E-state index contributed by atoms with van der Waals surface area (Å²) >= 11 is 0. The summed E-state index contributed by atoms with van der Waals surface area (Å²) in [5.74, 6) is 0. The predicted molar refractivity (Wildman–Crippen MR) is 105 cm³/mol. The minimum absolute atomic E-state index is 0.338. The van der Waals surface area contributed by atoms with E-state index in [9.17, 15) is 0 Å². The third-order valence-corrected chi connectivity index (χ3v) is 5.54. The fourth-order valence-corrected chi connectivity index (χ4v) is 4.28. The molecule has 3 aromatic rings. The maximum atomic E-state index is 5.88. The van der Waals surface area contributed by atoms with Crippen molar-refractivity contribution < 1.29 is 4.74 Å². The number of aromatic nitrogens is 1. The fraction of sp³-hybridized carbons (Fsp3) is 0.261. The predicted octanol–water partition coefficient (Wildman–Crippen LogP) is 4.29. The summed E-state index contributed by atoms with van der Waals surface area (Å²) in [6, 6.07) is 22.2. The number of fused-ring (bicyclic) bond motifs is 3. The molecule has 0 radical (unpaired) electrons. The molecule has 26 heavy (non-hydrogen) atoms. The molecule has 2 bridgehead atoms. The Bertz CT molecular complexity index is 945. The van der Waals surface area contributed by atoms with Crippen molar-refractivity contribution in [1.82, 2.24) is 9.88 Å². The van der Waals surface area contributed by atoms with E-state index in [0.717, 1.165) is 31.7 Å². The molecule has 1 aromatic heterocycles. The molecular formula is C23H22N2O. The van der Waals surface area contributed by atoms with Gasteiger partial charge in [-0.05, 0) is 35.3 Å². The molecule has 0 amide bonds. The third kappa shape index (κ3) is 2.83. The first kappa shape index (κ1) is 15.7. The van der Waals surface area contributed by atoms with Gasteiger partial charge in [0.25, 0.3) is 0 Å². The number of hydrogen-bond donors (Lipinski definition) is 0. The van der Waals surface area contributed by atoms with E-state index < -0.39 is 0 Å². The van der Waals surface area contributed by atoms with Crippen LogP contribution in [0.1, 0.15) is 17.5 Å². The van der Waals surface area contributed by atoms with Crippen molar-refractivity contribution in [3.05, 3.63) is 84.1 Å². The molecule has 1 saturated heterocycles. The van der Waals surface area contributed by atoms with E-state index in [1.165, 1.54) is 22.1 Å². The van der Waals surface area contributed by atoms with Crippen LogP contribution in [-0.4, -0.2) is 35.2 Å². The second-order valence-corrected chi connectivity index (χ2v) is 7.19. The molecule has 0 spiro atoms. The van der Waals surface area contributed by atoms with Crippen LogP contribution in [-0.2, 0) is 11.3 Å². The van der Waals surface area contributed by atoms with Crippen LogP contribution in [0.4, 0.5) is 0 Å². The molecule has 0 aliphatic carbocycles. The molecule has 130 valence electrons. The summed E-state index contributed by atoms with van der Waals surface area (Å²) in [5, 5.41) is 1.25. The summed E-state index contributed by atoms with van der Waals surface area (Å²) in [4.78, 5) is 7.12. The first-order valence-corrected chi connectivity index (χ1v) is 9.31. The number of rotatable bonds is 3. The normalized spacial score (nSPS) is 23.0. The van der Waals surface area contributed by atoms with Crippen molar-refractivity contribution in [2.24, 2.45) is 0 Å². The minimum atomic E-state index is 0.338. The second kappa shape index (κ2) is 6.67. The molecule has 3 heteroatoms. The van der Waals surface area contributed by atoms with Crippen molar-refractivity contribution in [1.29, 1.82) is 0 Å². The van der Waals surface area contributed by atoms with Crippen LogP contribution in [0.15, 0.2) is 72.9 Å². The largest absolute Gasteiger partial charge is 0.378 e. The van der Waals surface area contributed by atoms with Gasteiger partial charge in [0.15, 0.2) is 0 Å². The van der Waals surface area contributed by atoms with E-state index in [1.807, 2.05) is 12.3 Å². The smallest absolute Gasteiger partial charge is 0.0708 e. The molecule has 3 nitrogen and oxygen atoms in total. The highest BCUT2D eigenvalue weighted by atomic mass is 16.5. The van der Waals surface area contributed by atoms with Gasteiger partial charge in [-0.3, -0.25) is 9.88 Å². The van der Waals surface area contributed by atoms with Gasteiger partial charge < -0.3 is 4.74 Å². The van der Waals surface area contributed by atoms with Gasteiger partial charge in [0, 0.05) is 24.2 Å². The fourth-order valence-electron chi connectivity index (χ4n) is 4.28. The Morgan fingerprint density at radius 2 is 1.88 bits per heavy atom. The van der Waals surface area contributed by atoms with Crippen LogP contribution in [0.25, 0.3) is 16.5 Å². The summed E-state index contributed by atoms with van der Waals surface area (Å²) in [6.07, 6.45) is 5.31. The van der Waals surface area contributed by atoms with E-state index in [2.05, 4.69) is 70.6 Å². The molecule has 2 atom stereocenters. The SMILES string of the molecule is C1=C(c2cccc3ncccc23)CC2COCC1N2Cc1ccccc1. The van der Waals surface area contributed by atoms with Crippen LogP contribution in [0, 0.1) is 0 Å². The van der Waals surface area contributed by atoms with Gasteiger partial charge >= 0.3 is 0 Å². The molecule has 2 aliphatic rings. The lowest BCUT2D eigenvalue weighted by atomic mass is 9.88. The van der Waals surface area contributed by atoms with Crippen molar-refractivity contribution >= 4 is 16.5 Å². The first-order chi connectivity index (χ1) is 12.9. The monoisotopic (exact) mass is 342 g/mol. The average Bonchev–Trinajstić information content (AvgIpc) is 2.68. The van der Waals surface area contributed by atoms with Crippen LogP contribution in [0.2, 0.25) is 0 Å². The van der Waals surface area contributed by atoms with Crippen LogP contribution < -0.4 is 0 Å². The van der Waals surface area contributed by atoms with Crippen LogP contribution in [0.5, 0.6) is 0 Å². The Kier molecular flexibility index (Phi) is 4.04. The number of benzene rings is 2. The van der Waals surface area contributed by atoms with Gasteiger partial charge in [-0.2, -0.15) is 0 Å². The molecule has 2 aliphatic heterocycles. The van der Waals surface area contributed by atoms with E-state index in [1.54, 1.807) is 0 Å². The number of hydrogen-bond acceptors (Lipinski definition) is 3. The van der Waals surface area contributed by atoms with Crippen molar-refractivity contribution in [3.63, 3.8) is 0 Å². The first-order valence-electron chi connectivity index (χ1n) is 9.31. The molecule has 1 fully saturated rings. The summed E-state index contributed by atoms with van der Waals surface area (Å²) in [5.41, 5.74) is 5.20. The standard InChI is InChI=1S/C23H22N2O/c1-2-6-17(7-3-1)14-25-19-12-18(13-20(25)16-26-15-19)21-8-4-10-23-22(21)9-5-11-24-23/h1-12,19-20H,13-16H2. The maximum absolute atomic E-state index is 5.88. The lowest BCUT2D eigenvalue weighted by Gasteiger charge is -2.45. The number of pyridine rings is 1. The summed E-state index contributed by atoms with van der Waals surface area (Å²) in [6.45, 7) is 2.57. The van der Waals surface area contributed by atoms with Gasteiger partial charge in [0.05, 0.1) is 24.8 Å². The van der Waals surface area contributed by atoms with E-state index in [0.29, 0.717) is 12.1 Å². The molecule has 5 rings (SSSR count). The highest BCUT2D eigenvalue weighted by molar-refractivity contribution is 5.92. The maximum Gasteiger partial charge on any atom is 0.0708 e. The zero-order valence-electron chi connectivity index (χ0n) is 14.7. The van der Waals surface area contributed by atoms with E-state index in [-0.39, 0.29) is 0 Å². The van der Waals surface area contributed by atoms with Crippen molar-refractivity contribution in [2.45, 2.75) is 25.0 Å². The van der Waals surface area contributed by atoms with Gasteiger partial charge in [-0.1, -0.05) is 54.6 Å². The summed E-state index contributed by atoms with van der Waals surface area (Å²) < 4.78 is 5.88. The molecule has 0 N–H and O–H groups in total. The Labute approximate surface area is 153 Å². The molecular weight excluding hydrogens is 320 g/mol. The van der Waals surface area contributed by atoms with Gasteiger partial charge in [0.2, 0.25) is 0 Å². The Morgan fingerprint density at radius 3 is 2.77 bits per heavy atom. The van der Waals surface area contributed by atoms with Gasteiger partial charge in [0.1, 0.15) is 0 Å². The quantitative estimate of drug-likeness (QED) is 0.710. The Morgan fingerprint density at radius 1 is 0.962 bits per heavy atom. The van der Waals surface area contributed by atoms with E-state index in [4.69, 9.17) is 4.74 Å². The summed E-state index contributed by atoms with van der Waals surface area (Å²) in [7, 11) is 0. The second-order valence-electron chi connectivity index (χ2n) is 7.19. The highest BCUT2D eigenvalue weighted by Crippen LogP contribution is 2.35. The minimum Gasteiger partial charge on any atom is -0.378 e. The number of nitrogens with zero attached hydrogens (tertiary/aromatic N) is 2. The van der Waals surface area contributed by atoms with Crippen molar-refractivity contribution in [2.75, 3.05) is 13.2 Å². The Hall–Kier alpha value is -2.49. The molecule has 0 saturated carbocycles. The Balaban J connectivity index is 1.50. The molecule has 2 unspecified atom stereocenters. The van der Waals surface area contributed by atoms with Crippen LogP contribution >= 0.6 is 0 Å². The van der Waals surface area contributed by atoms with Gasteiger partial charge in [-0.15, -0.1) is 0 Å². The average molecular weight is 342 g/mol. The molecule has 2 aromatic carbocycles. The van der Waals surface area contributed by atoms with E-state index >= 15 is 0 Å².